The zero-order valence-corrected chi connectivity index (χ0v) is 21.2. The number of benzene rings is 3. The lowest BCUT2D eigenvalue weighted by molar-refractivity contribution is -0.662. The summed E-state index contributed by atoms with van der Waals surface area (Å²) in [6, 6.07) is 11.9. The van der Waals surface area contributed by atoms with Gasteiger partial charge in [0, 0.05) is 5.56 Å². The van der Waals surface area contributed by atoms with Gasteiger partial charge in [0.05, 0.1) is 18.0 Å². The standard InChI is InChI=1S/C29H30F3N2O/c1-16-18-10-8-9-11-19(18)24(27(2,3)4)26-22(16)25-23-20(33-15-34(25)7)12-17(13-21(23)35-26)14-28(5,6)29(30,31)32/h8-13,15H,14H2,1-7H3/q+1. The highest BCUT2D eigenvalue weighted by Crippen LogP contribution is 2.53. The fourth-order valence-electron chi connectivity index (χ4n) is 5.30. The van der Waals surface area contributed by atoms with Crippen molar-refractivity contribution in [2.75, 3.05) is 0 Å². The predicted molar refractivity (Wildman–Crippen MR) is 133 cm³/mol. The van der Waals surface area contributed by atoms with Gasteiger partial charge in [-0.25, -0.2) is 4.57 Å². The zero-order valence-electron chi connectivity index (χ0n) is 21.2. The van der Waals surface area contributed by atoms with Crippen LogP contribution in [-0.4, -0.2) is 11.2 Å². The molecule has 182 valence electrons. The van der Waals surface area contributed by atoms with Gasteiger partial charge in [-0.3, -0.25) is 0 Å². The second-order valence-electron chi connectivity index (χ2n) is 11.4. The van der Waals surface area contributed by atoms with Crippen LogP contribution in [-0.2, 0) is 18.9 Å². The SMILES string of the molecule is Cc1c2c(c(C(C)(C)C)c3ccccc13)Oc1cc(CC(C)(C)C(F)(F)F)cc3nc[n+](C)c-2c13. The third-order valence-electron chi connectivity index (χ3n) is 7.14. The van der Waals surface area contributed by atoms with Crippen molar-refractivity contribution in [1.29, 1.82) is 0 Å². The van der Waals surface area contributed by atoms with Gasteiger partial charge in [-0.05, 0) is 57.8 Å². The van der Waals surface area contributed by atoms with Crippen LogP contribution in [0.1, 0.15) is 51.3 Å². The number of halogens is 3. The Bertz CT molecular complexity index is 1510. The van der Waals surface area contributed by atoms with Gasteiger partial charge < -0.3 is 4.74 Å². The van der Waals surface area contributed by atoms with Crippen LogP contribution in [0.5, 0.6) is 11.5 Å². The van der Waals surface area contributed by atoms with Gasteiger partial charge in [-0.15, -0.1) is 0 Å². The minimum absolute atomic E-state index is 0.156. The van der Waals surface area contributed by atoms with Crippen LogP contribution in [0.25, 0.3) is 32.9 Å². The first kappa shape index (κ1) is 23.6. The molecule has 0 fully saturated rings. The van der Waals surface area contributed by atoms with E-state index >= 15 is 0 Å². The molecule has 0 N–H and O–H groups in total. The van der Waals surface area contributed by atoms with E-state index in [9.17, 15) is 13.2 Å². The first-order valence-electron chi connectivity index (χ1n) is 11.8. The predicted octanol–water partition coefficient (Wildman–Crippen LogP) is 7.72. The van der Waals surface area contributed by atoms with Crippen molar-refractivity contribution in [3.63, 3.8) is 0 Å². The molecule has 4 aromatic rings. The van der Waals surface area contributed by atoms with E-state index < -0.39 is 11.6 Å². The first-order valence-corrected chi connectivity index (χ1v) is 11.8. The van der Waals surface area contributed by atoms with Gasteiger partial charge in [0.1, 0.15) is 16.9 Å². The molecule has 0 saturated heterocycles. The molecule has 0 unspecified atom stereocenters. The summed E-state index contributed by atoms with van der Waals surface area (Å²) >= 11 is 0. The molecule has 35 heavy (non-hydrogen) atoms. The maximum atomic E-state index is 13.7. The maximum absolute atomic E-state index is 13.7. The van der Waals surface area contributed by atoms with Crippen LogP contribution in [0, 0.1) is 12.3 Å². The number of aromatic nitrogens is 2. The summed E-state index contributed by atoms with van der Waals surface area (Å²) < 4.78 is 49.6. The summed E-state index contributed by atoms with van der Waals surface area (Å²) in [5.41, 5.74) is 3.28. The van der Waals surface area contributed by atoms with Crippen molar-refractivity contribution >= 4 is 21.7 Å². The molecule has 0 atom stereocenters. The smallest absolute Gasteiger partial charge is 0.394 e. The summed E-state index contributed by atoms with van der Waals surface area (Å²) in [6.07, 6.45) is -2.74. The van der Waals surface area contributed by atoms with Gasteiger partial charge in [0.2, 0.25) is 0 Å². The molecule has 3 aromatic carbocycles. The van der Waals surface area contributed by atoms with E-state index in [1.165, 1.54) is 13.8 Å². The van der Waals surface area contributed by atoms with Gasteiger partial charge in [0.15, 0.2) is 11.2 Å². The Morgan fingerprint density at radius 2 is 1.63 bits per heavy atom. The Morgan fingerprint density at radius 3 is 2.26 bits per heavy atom. The average molecular weight is 480 g/mol. The van der Waals surface area contributed by atoms with Gasteiger partial charge in [-0.2, -0.15) is 13.2 Å². The van der Waals surface area contributed by atoms with E-state index in [0.717, 1.165) is 44.3 Å². The van der Waals surface area contributed by atoms with Crippen LogP contribution >= 0.6 is 0 Å². The molecule has 1 aliphatic rings. The molecule has 0 amide bonds. The maximum Gasteiger partial charge on any atom is 0.394 e. The normalized spacial score (nSPS) is 13.8. The number of ether oxygens (including phenoxy) is 1. The fourth-order valence-corrected chi connectivity index (χ4v) is 5.30. The second-order valence-corrected chi connectivity index (χ2v) is 11.4. The Balaban J connectivity index is 1.86. The van der Waals surface area contributed by atoms with Crippen LogP contribution in [0.15, 0.2) is 42.7 Å². The lowest BCUT2D eigenvalue weighted by Gasteiger charge is -2.31. The third kappa shape index (κ3) is 3.57. The molecule has 0 saturated carbocycles. The van der Waals surface area contributed by atoms with Gasteiger partial charge in [-0.1, -0.05) is 58.9 Å². The number of fused-ring (bicyclic) bond motifs is 3. The molecule has 2 heterocycles. The molecule has 0 bridgehead atoms. The minimum atomic E-state index is -4.32. The molecule has 5 rings (SSSR count). The van der Waals surface area contributed by atoms with Crippen molar-refractivity contribution in [3.8, 4) is 22.8 Å². The van der Waals surface area contributed by atoms with E-state index in [2.05, 4.69) is 44.8 Å². The lowest BCUT2D eigenvalue weighted by atomic mass is 9.78. The number of aryl methyl sites for hydroxylation is 2. The van der Waals surface area contributed by atoms with Crippen molar-refractivity contribution in [2.45, 2.75) is 59.6 Å². The Morgan fingerprint density at radius 1 is 0.971 bits per heavy atom. The molecule has 1 aliphatic heterocycles. The summed E-state index contributed by atoms with van der Waals surface area (Å²) in [6.45, 7) is 11.1. The quantitative estimate of drug-likeness (QED) is 0.242. The van der Waals surface area contributed by atoms with E-state index in [1.807, 2.05) is 23.7 Å². The Labute approximate surface area is 203 Å². The van der Waals surface area contributed by atoms with Crippen molar-refractivity contribution < 1.29 is 22.5 Å². The van der Waals surface area contributed by atoms with Crippen LogP contribution < -0.4 is 9.30 Å². The van der Waals surface area contributed by atoms with Gasteiger partial charge >= 0.3 is 6.18 Å². The Kier molecular flexibility index (Phi) is 5.00. The topological polar surface area (TPSA) is 26.0 Å². The number of nitrogens with zero attached hydrogens (tertiary/aromatic N) is 2. The largest absolute Gasteiger partial charge is 0.455 e. The molecule has 0 aliphatic carbocycles. The molecule has 3 nitrogen and oxygen atoms in total. The summed E-state index contributed by atoms with van der Waals surface area (Å²) in [5, 5.41) is 3.12. The first-order chi connectivity index (χ1) is 16.2. The van der Waals surface area contributed by atoms with Crippen molar-refractivity contribution in [3.05, 3.63) is 59.4 Å². The number of alkyl halides is 3. The van der Waals surface area contributed by atoms with Crippen molar-refractivity contribution in [1.82, 2.24) is 4.98 Å². The third-order valence-corrected chi connectivity index (χ3v) is 7.14. The van der Waals surface area contributed by atoms with Crippen LogP contribution in [0.3, 0.4) is 0 Å². The highest BCUT2D eigenvalue weighted by molar-refractivity contribution is 6.06. The van der Waals surface area contributed by atoms with E-state index in [1.54, 1.807) is 18.5 Å². The second kappa shape index (κ2) is 7.42. The zero-order chi connectivity index (χ0) is 25.5. The van der Waals surface area contributed by atoms with Crippen LogP contribution in [0.2, 0.25) is 0 Å². The fraction of sp³-hybridized carbons (Fsp3) is 0.379. The summed E-state index contributed by atoms with van der Waals surface area (Å²) in [4.78, 5) is 4.57. The number of hydrogen-bond donors (Lipinski definition) is 0. The monoisotopic (exact) mass is 479 g/mol. The molecule has 0 spiro atoms. The molecular formula is C29H30F3N2O+. The van der Waals surface area contributed by atoms with E-state index in [-0.39, 0.29) is 11.8 Å². The molecular weight excluding hydrogens is 449 g/mol. The molecule has 0 radical (unpaired) electrons. The number of hydrogen-bond acceptors (Lipinski definition) is 2. The average Bonchev–Trinajstić information content (AvgIpc) is 2.73. The molecule has 1 aromatic heterocycles. The minimum Gasteiger partial charge on any atom is -0.455 e. The Hall–Kier alpha value is -3.15. The van der Waals surface area contributed by atoms with E-state index in [0.29, 0.717) is 16.8 Å². The number of rotatable bonds is 2. The summed E-state index contributed by atoms with van der Waals surface area (Å²) in [7, 11) is 1.95. The summed E-state index contributed by atoms with van der Waals surface area (Å²) in [5.74, 6) is 1.33. The van der Waals surface area contributed by atoms with Crippen molar-refractivity contribution in [2.24, 2.45) is 12.5 Å². The lowest BCUT2D eigenvalue weighted by Crippen LogP contribution is -2.34. The van der Waals surface area contributed by atoms with Gasteiger partial charge in [0.25, 0.3) is 6.33 Å². The van der Waals surface area contributed by atoms with Crippen LogP contribution in [0.4, 0.5) is 13.2 Å². The van der Waals surface area contributed by atoms with E-state index in [4.69, 9.17) is 4.74 Å². The molecule has 6 heteroatoms. The highest BCUT2D eigenvalue weighted by Gasteiger charge is 2.47. The highest BCUT2D eigenvalue weighted by atomic mass is 19.4.